The number of benzene rings is 2. The summed E-state index contributed by atoms with van der Waals surface area (Å²) in [5, 5.41) is 11.2. The summed E-state index contributed by atoms with van der Waals surface area (Å²) in [5.41, 5.74) is -0.734. The smallest absolute Gasteiger partial charge is 0.416 e. The Morgan fingerprint density at radius 2 is 1.91 bits per heavy atom. The van der Waals surface area contributed by atoms with E-state index < -0.39 is 16.7 Å². The molecule has 7 nitrogen and oxygen atoms in total. The lowest BCUT2D eigenvalue weighted by atomic mass is 10.1. The molecule has 0 N–H and O–H groups in total. The fraction of sp³-hybridized carbons (Fsp3) is 0.238. The van der Waals surface area contributed by atoms with Gasteiger partial charge in [-0.1, -0.05) is 30.0 Å². The second kappa shape index (κ2) is 10.2. The van der Waals surface area contributed by atoms with Gasteiger partial charge in [-0.25, -0.2) is 0 Å². The Balaban J connectivity index is 1.73. The van der Waals surface area contributed by atoms with Crippen molar-refractivity contribution in [3.05, 3.63) is 68.6 Å². The zero-order valence-electron chi connectivity index (χ0n) is 17.1. The zero-order valence-corrected chi connectivity index (χ0v) is 18.8. The number of carbonyl (C=O) groups excluding carboxylic acids is 1. The average molecular weight is 499 g/mol. The summed E-state index contributed by atoms with van der Waals surface area (Å²) in [5.74, 6) is -0.0339. The standard InChI is InChI=1S/C21H17F3N2O5S2/c1-2-25-19(27)18(33-20(25)32)11-13-10-15(26(28)29)6-7-17(13)31-9-8-30-16-5-3-4-14(12-16)21(22,23)24/h3-7,10-12H,2,8-9H2,1H3/b18-11-. The molecule has 1 fully saturated rings. The van der Waals surface area contributed by atoms with Crippen LogP contribution in [0.5, 0.6) is 11.5 Å². The number of alkyl halides is 3. The zero-order chi connectivity index (χ0) is 24.2. The van der Waals surface area contributed by atoms with Crippen molar-refractivity contribution in [3.63, 3.8) is 0 Å². The second-order valence-electron chi connectivity index (χ2n) is 6.63. The molecule has 0 spiro atoms. The van der Waals surface area contributed by atoms with Crippen LogP contribution >= 0.6 is 24.0 Å². The molecule has 12 heteroatoms. The van der Waals surface area contributed by atoms with E-state index in [0.29, 0.717) is 21.3 Å². The van der Waals surface area contributed by atoms with E-state index in [4.69, 9.17) is 21.7 Å². The maximum atomic E-state index is 12.8. The fourth-order valence-electron chi connectivity index (χ4n) is 2.88. The number of amides is 1. The number of nitro groups is 1. The molecule has 0 atom stereocenters. The third-order valence-corrected chi connectivity index (χ3v) is 5.83. The number of ether oxygens (including phenoxy) is 2. The largest absolute Gasteiger partial charge is 0.490 e. The molecule has 1 amide bonds. The molecule has 1 aliphatic rings. The van der Waals surface area contributed by atoms with Crippen molar-refractivity contribution >= 4 is 46.0 Å². The first-order valence-corrected chi connectivity index (χ1v) is 10.8. The van der Waals surface area contributed by atoms with Gasteiger partial charge < -0.3 is 9.47 Å². The maximum Gasteiger partial charge on any atom is 0.416 e. The van der Waals surface area contributed by atoms with Gasteiger partial charge in [-0.05, 0) is 37.3 Å². The Hall–Kier alpha value is -3.12. The van der Waals surface area contributed by atoms with E-state index in [9.17, 15) is 28.1 Å². The lowest BCUT2D eigenvalue weighted by Crippen LogP contribution is -2.27. The molecule has 0 bridgehead atoms. The first kappa shape index (κ1) is 24.5. The lowest BCUT2D eigenvalue weighted by molar-refractivity contribution is -0.384. The number of hydrogen-bond donors (Lipinski definition) is 0. The minimum atomic E-state index is -4.48. The van der Waals surface area contributed by atoms with Crippen LogP contribution in [0.2, 0.25) is 0 Å². The summed E-state index contributed by atoms with van der Waals surface area (Å²) >= 11 is 6.26. The topological polar surface area (TPSA) is 81.9 Å². The molecule has 0 aliphatic carbocycles. The molecule has 1 saturated heterocycles. The van der Waals surface area contributed by atoms with Gasteiger partial charge in [0.2, 0.25) is 0 Å². The Bertz CT molecular complexity index is 1120. The van der Waals surface area contributed by atoms with Crippen molar-refractivity contribution < 1.29 is 32.4 Å². The number of hydrogen-bond acceptors (Lipinski definition) is 7. The van der Waals surface area contributed by atoms with Gasteiger partial charge in [0, 0.05) is 24.2 Å². The van der Waals surface area contributed by atoms with Gasteiger partial charge in [-0.3, -0.25) is 19.8 Å². The highest BCUT2D eigenvalue weighted by Gasteiger charge is 2.31. The molecule has 0 saturated carbocycles. The first-order chi connectivity index (χ1) is 15.6. The monoisotopic (exact) mass is 498 g/mol. The summed E-state index contributed by atoms with van der Waals surface area (Å²) in [6.07, 6.45) is -3.02. The molecule has 174 valence electrons. The normalized spacial score (nSPS) is 15.3. The Kier molecular flexibility index (Phi) is 7.59. The SMILES string of the molecule is CCN1C(=O)/C(=C/c2cc([N+](=O)[O-])ccc2OCCOc2cccc(C(F)(F)F)c2)SC1=S. The van der Waals surface area contributed by atoms with Crippen molar-refractivity contribution in [2.75, 3.05) is 19.8 Å². The van der Waals surface area contributed by atoms with Crippen molar-refractivity contribution in [1.82, 2.24) is 4.90 Å². The van der Waals surface area contributed by atoms with Gasteiger partial charge in [0.05, 0.1) is 15.4 Å². The molecule has 0 radical (unpaired) electrons. The van der Waals surface area contributed by atoms with Gasteiger partial charge in [0.25, 0.3) is 11.6 Å². The molecule has 2 aromatic rings. The Morgan fingerprint density at radius 1 is 1.18 bits per heavy atom. The third kappa shape index (κ3) is 6.02. The van der Waals surface area contributed by atoms with Crippen LogP contribution in [0.4, 0.5) is 18.9 Å². The summed E-state index contributed by atoms with van der Waals surface area (Å²) in [6.45, 7) is 2.05. The van der Waals surface area contributed by atoms with Crippen LogP contribution in [0.15, 0.2) is 47.4 Å². The van der Waals surface area contributed by atoms with Gasteiger partial charge in [0.15, 0.2) is 0 Å². The highest BCUT2D eigenvalue weighted by Crippen LogP contribution is 2.35. The van der Waals surface area contributed by atoms with Crippen molar-refractivity contribution in [3.8, 4) is 11.5 Å². The molecular formula is C21H17F3N2O5S2. The van der Waals surface area contributed by atoms with Crippen molar-refractivity contribution in [1.29, 1.82) is 0 Å². The minimum absolute atomic E-state index is 0.0283. The number of likely N-dealkylation sites (N-methyl/N-ethyl adjacent to an activating group) is 1. The number of rotatable bonds is 8. The van der Waals surface area contributed by atoms with Gasteiger partial charge in [-0.2, -0.15) is 13.2 Å². The Labute approximate surface area is 196 Å². The molecule has 2 aromatic carbocycles. The highest BCUT2D eigenvalue weighted by atomic mass is 32.2. The lowest BCUT2D eigenvalue weighted by Gasteiger charge is -2.12. The van der Waals surface area contributed by atoms with E-state index >= 15 is 0 Å². The first-order valence-electron chi connectivity index (χ1n) is 9.57. The van der Waals surface area contributed by atoms with E-state index in [1.54, 1.807) is 6.92 Å². The van der Waals surface area contributed by atoms with Crippen molar-refractivity contribution in [2.24, 2.45) is 0 Å². The van der Waals surface area contributed by atoms with Crippen molar-refractivity contribution in [2.45, 2.75) is 13.1 Å². The van der Waals surface area contributed by atoms with Gasteiger partial charge >= 0.3 is 6.18 Å². The summed E-state index contributed by atoms with van der Waals surface area (Å²) in [4.78, 5) is 24.8. The number of nitro benzene ring substituents is 1. The van der Waals surface area contributed by atoms with Crippen LogP contribution in [0, 0.1) is 10.1 Å². The molecule has 0 unspecified atom stereocenters. The maximum absolute atomic E-state index is 12.8. The second-order valence-corrected chi connectivity index (χ2v) is 8.30. The van der Waals surface area contributed by atoms with Crippen LogP contribution in [0.3, 0.4) is 0 Å². The van der Waals surface area contributed by atoms with Gasteiger partial charge in [-0.15, -0.1) is 0 Å². The predicted molar refractivity (Wildman–Crippen MR) is 121 cm³/mol. The summed E-state index contributed by atoms with van der Waals surface area (Å²) in [7, 11) is 0. The minimum Gasteiger partial charge on any atom is -0.490 e. The predicted octanol–water partition coefficient (Wildman–Crippen LogP) is 5.29. The fourth-order valence-corrected chi connectivity index (χ4v) is 4.26. The van der Waals surface area contributed by atoms with Crippen LogP contribution in [0.25, 0.3) is 6.08 Å². The molecule has 33 heavy (non-hydrogen) atoms. The molecule has 3 rings (SSSR count). The van der Waals surface area contributed by atoms with Gasteiger partial charge in [0.1, 0.15) is 29.0 Å². The van der Waals surface area contributed by atoms with E-state index in [0.717, 1.165) is 23.9 Å². The molecule has 0 aromatic heterocycles. The number of non-ortho nitro benzene ring substituents is 1. The molecular weight excluding hydrogens is 481 g/mol. The van der Waals surface area contributed by atoms with E-state index in [2.05, 4.69) is 0 Å². The highest BCUT2D eigenvalue weighted by molar-refractivity contribution is 8.26. The molecule has 1 aliphatic heterocycles. The summed E-state index contributed by atoms with van der Waals surface area (Å²) < 4.78 is 49.8. The van der Waals surface area contributed by atoms with E-state index in [1.165, 1.54) is 41.3 Å². The quantitative estimate of drug-likeness (QED) is 0.161. The van der Waals surface area contributed by atoms with Crippen LogP contribution < -0.4 is 9.47 Å². The Morgan fingerprint density at radius 3 is 2.55 bits per heavy atom. The molecule has 1 heterocycles. The number of thioether (sulfide) groups is 1. The third-order valence-electron chi connectivity index (χ3n) is 4.45. The van der Waals surface area contributed by atoms with Crippen LogP contribution in [-0.2, 0) is 11.0 Å². The van der Waals surface area contributed by atoms with E-state index in [1.807, 2.05) is 0 Å². The van der Waals surface area contributed by atoms with Crippen LogP contribution in [0.1, 0.15) is 18.1 Å². The van der Waals surface area contributed by atoms with E-state index in [-0.39, 0.29) is 36.3 Å². The number of nitrogens with zero attached hydrogens (tertiary/aromatic N) is 2. The number of halogens is 3. The average Bonchev–Trinajstić information content (AvgIpc) is 3.03. The number of thiocarbonyl (C=S) groups is 1. The number of carbonyl (C=O) groups is 1. The van der Waals surface area contributed by atoms with Crippen LogP contribution in [-0.4, -0.2) is 39.8 Å². The summed E-state index contributed by atoms with van der Waals surface area (Å²) in [6, 6.07) is 8.34.